The molecule has 0 aliphatic carbocycles. The van der Waals surface area contributed by atoms with Crippen molar-refractivity contribution in [1.82, 2.24) is 4.90 Å². The van der Waals surface area contributed by atoms with E-state index in [1.54, 1.807) is 55.5 Å². The number of hydrogen-bond acceptors (Lipinski definition) is 4. The summed E-state index contributed by atoms with van der Waals surface area (Å²) in [7, 11) is 0. The van der Waals surface area contributed by atoms with Crippen LogP contribution in [0.4, 0.5) is 0 Å². The molecule has 0 saturated heterocycles. The summed E-state index contributed by atoms with van der Waals surface area (Å²) in [6, 6.07) is 13.6. The van der Waals surface area contributed by atoms with E-state index < -0.39 is 0 Å². The van der Waals surface area contributed by atoms with Gasteiger partial charge in [-0.05, 0) is 29.8 Å². The lowest BCUT2D eigenvalue weighted by Gasteiger charge is -2.14. The monoisotopic (exact) mass is 309 g/mol. The Kier molecular flexibility index (Phi) is 3.93. The van der Waals surface area contributed by atoms with Crippen molar-refractivity contribution in [3.63, 3.8) is 0 Å². The van der Waals surface area contributed by atoms with Crippen LogP contribution in [0.1, 0.15) is 39.6 Å². The van der Waals surface area contributed by atoms with Gasteiger partial charge in [0.25, 0.3) is 11.8 Å². The SMILES string of the molecule is CCC(=O)Oc1cccc(CN2C(=O)c3ccccc3C2=O)c1. The van der Waals surface area contributed by atoms with E-state index in [-0.39, 0.29) is 30.7 Å². The molecular formula is C18H15NO4. The van der Waals surface area contributed by atoms with Gasteiger partial charge in [0.2, 0.25) is 0 Å². The van der Waals surface area contributed by atoms with Crippen LogP contribution in [-0.4, -0.2) is 22.7 Å². The van der Waals surface area contributed by atoms with Crippen molar-refractivity contribution < 1.29 is 19.1 Å². The summed E-state index contributed by atoms with van der Waals surface area (Å²) >= 11 is 0. The molecule has 5 nitrogen and oxygen atoms in total. The van der Waals surface area contributed by atoms with Crippen molar-refractivity contribution in [2.45, 2.75) is 19.9 Å². The Morgan fingerprint density at radius 2 is 1.65 bits per heavy atom. The maximum absolute atomic E-state index is 12.3. The first-order valence-electron chi connectivity index (χ1n) is 7.35. The van der Waals surface area contributed by atoms with Crippen LogP contribution in [0.15, 0.2) is 48.5 Å². The topological polar surface area (TPSA) is 63.7 Å². The van der Waals surface area contributed by atoms with Gasteiger partial charge in [0.05, 0.1) is 17.7 Å². The van der Waals surface area contributed by atoms with Gasteiger partial charge in [-0.1, -0.05) is 31.2 Å². The van der Waals surface area contributed by atoms with Crippen molar-refractivity contribution in [3.8, 4) is 5.75 Å². The third kappa shape index (κ3) is 2.85. The van der Waals surface area contributed by atoms with E-state index in [1.165, 1.54) is 4.90 Å². The van der Waals surface area contributed by atoms with Gasteiger partial charge in [0, 0.05) is 6.42 Å². The van der Waals surface area contributed by atoms with Gasteiger partial charge in [-0.15, -0.1) is 0 Å². The average molecular weight is 309 g/mol. The molecule has 0 N–H and O–H groups in total. The number of benzene rings is 2. The van der Waals surface area contributed by atoms with E-state index in [1.807, 2.05) is 0 Å². The molecule has 1 aliphatic rings. The van der Waals surface area contributed by atoms with Gasteiger partial charge < -0.3 is 4.74 Å². The summed E-state index contributed by atoms with van der Waals surface area (Å²) in [5.74, 6) is -0.531. The molecule has 2 aromatic rings. The molecule has 23 heavy (non-hydrogen) atoms. The zero-order valence-electron chi connectivity index (χ0n) is 12.6. The third-order valence-electron chi connectivity index (χ3n) is 3.64. The molecule has 1 aliphatic heterocycles. The number of hydrogen-bond donors (Lipinski definition) is 0. The first kappa shape index (κ1) is 15.0. The molecule has 3 rings (SSSR count). The predicted octanol–water partition coefficient (Wildman–Crippen LogP) is 2.80. The van der Waals surface area contributed by atoms with E-state index in [2.05, 4.69) is 0 Å². The maximum Gasteiger partial charge on any atom is 0.310 e. The van der Waals surface area contributed by atoms with Crippen LogP contribution >= 0.6 is 0 Å². The smallest absolute Gasteiger partial charge is 0.310 e. The van der Waals surface area contributed by atoms with Crippen molar-refractivity contribution in [3.05, 3.63) is 65.2 Å². The quantitative estimate of drug-likeness (QED) is 0.495. The highest BCUT2D eigenvalue weighted by Crippen LogP contribution is 2.25. The highest BCUT2D eigenvalue weighted by atomic mass is 16.5. The zero-order chi connectivity index (χ0) is 16.4. The molecule has 0 unspecified atom stereocenters. The second kappa shape index (κ2) is 6.04. The zero-order valence-corrected chi connectivity index (χ0v) is 12.6. The summed E-state index contributed by atoms with van der Waals surface area (Å²) < 4.78 is 5.16. The van der Waals surface area contributed by atoms with Crippen LogP contribution in [0.5, 0.6) is 5.75 Å². The number of rotatable bonds is 4. The van der Waals surface area contributed by atoms with E-state index in [4.69, 9.17) is 4.74 Å². The lowest BCUT2D eigenvalue weighted by Crippen LogP contribution is -2.29. The minimum Gasteiger partial charge on any atom is -0.427 e. The number of carbonyl (C=O) groups excluding carboxylic acids is 3. The minimum atomic E-state index is -0.331. The van der Waals surface area contributed by atoms with Gasteiger partial charge in [-0.2, -0.15) is 0 Å². The van der Waals surface area contributed by atoms with Gasteiger partial charge in [0.1, 0.15) is 5.75 Å². The summed E-state index contributed by atoms with van der Waals surface area (Å²) in [6.07, 6.45) is 0.280. The molecule has 0 atom stereocenters. The Morgan fingerprint density at radius 1 is 1.00 bits per heavy atom. The molecule has 2 aromatic carbocycles. The van der Waals surface area contributed by atoms with Crippen LogP contribution in [0.25, 0.3) is 0 Å². The second-order valence-corrected chi connectivity index (χ2v) is 5.22. The van der Waals surface area contributed by atoms with Gasteiger partial charge >= 0.3 is 5.97 Å². The number of fused-ring (bicyclic) bond motifs is 1. The van der Waals surface area contributed by atoms with Crippen LogP contribution < -0.4 is 4.74 Å². The molecule has 0 fully saturated rings. The van der Waals surface area contributed by atoms with Crippen LogP contribution in [0, 0.1) is 0 Å². The van der Waals surface area contributed by atoms with Gasteiger partial charge in [-0.3, -0.25) is 19.3 Å². The third-order valence-corrected chi connectivity index (χ3v) is 3.64. The first-order valence-corrected chi connectivity index (χ1v) is 7.35. The Hall–Kier alpha value is -2.95. The molecule has 5 heteroatoms. The molecule has 0 spiro atoms. The van der Waals surface area contributed by atoms with Crippen LogP contribution in [0.3, 0.4) is 0 Å². The molecule has 2 amide bonds. The van der Waals surface area contributed by atoms with E-state index >= 15 is 0 Å². The second-order valence-electron chi connectivity index (χ2n) is 5.22. The lowest BCUT2D eigenvalue weighted by atomic mass is 10.1. The molecule has 0 radical (unpaired) electrons. The van der Waals surface area contributed by atoms with Crippen molar-refractivity contribution >= 4 is 17.8 Å². The van der Waals surface area contributed by atoms with E-state index in [0.717, 1.165) is 5.56 Å². The highest BCUT2D eigenvalue weighted by Gasteiger charge is 2.34. The number of imide groups is 1. The predicted molar refractivity (Wildman–Crippen MR) is 83.0 cm³/mol. The molecule has 0 aromatic heterocycles. The van der Waals surface area contributed by atoms with Crippen LogP contribution in [-0.2, 0) is 11.3 Å². The van der Waals surface area contributed by atoms with Crippen molar-refractivity contribution in [1.29, 1.82) is 0 Å². The van der Waals surface area contributed by atoms with Crippen molar-refractivity contribution in [2.75, 3.05) is 0 Å². The molecule has 116 valence electrons. The average Bonchev–Trinajstić information content (AvgIpc) is 2.81. The summed E-state index contributed by atoms with van der Waals surface area (Å²) in [5.41, 5.74) is 1.57. The standard InChI is InChI=1S/C18H15NO4/c1-2-16(20)23-13-7-5-6-12(10-13)11-19-17(21)14-8-3-4-9-15(14)18(19)22/h3-10H,2,11H2,1H3. The fourth-order valence-corrected chi connectivity index (χ4v) is 2.48. The number of carbonyl (C=O) groups is 3. The minimum absolute atomic E-state index is 0.143. The van der Waals surface area contributed by atoms with Crippen molar-refractivity contribution in [2.24, 2.45) is 0 Å². The summed E-state index contributed by atoms with van der Waals surface area (Å²) in [4.78, 5) is 37.2. The fraction of sp³-hybridized carbons (Fsp3) is 0.167. The Morgan fingerprint density at radius 3 is 2.26 bits per heavy atom. The molecule has 0 bridgehead atoms. The number of amides is 2. The summed E-state index contributed by atoms with van der Waals surface area (Å²) in [6.45, 7) is 1.86. The molecule has 1 heterocycles. The van der Waals surface area contributed by atoms with Gasteiger partial charge in [0.15, 0.2) is 0 Å². The fourth-order valence-electron chi connectivity index (χ4n) is 2.48. The molecular weight excluding hydrogens is 294 g/mol. The number of nitrogens with zero attached hydrogens (tertiary/aromatic N) is 1. The Bertz CT molecular complexity index is 762. The Balaban J connectivity index is 1.81. The highest BCUT2D eigenvalue weighted by molar-refractivity contribution is 6.21. The van der Waals surface area contributed by atoms with E-state index in [0.29, 0.717) is 16.9 Å². The first-order chi connectivity index (χ1) is 11.1. The summed E-state index contributed by atoms with van der Waals surface area (Å²) in [5, 5.41) is 0. The van der Waals surface area contributed by atoms with Gasteiger partial charge in [-0.25, -0.2) is 0 Å². The maximum atomic E-state index is 12.3. The number of esters is 1. The number of ether oxygens (including phenoxy) is 1. The normalized spacial score (nSPS) is 13.2. The van der Waals surface area contributed by atoms with E-state index in [9.17, 15) is 14.4 Å². The lowest BCUT2D eigenvalue weighted by molar-refractivity contribution is -0.134. The Labute approximate surface area is 133 Å². The molecule has 0 saturated carbocycles. The van der Waals surface area contributed by atoms with Crippen LogP contribution in [0.2, 0.25) is 0 Å². The largest absolute Gasteiger partial charge is 0.427 e.